The number of rotatable bonds is 2. The second-order valence-corrected chi connectivity index (χ2v) is 2.76. The van der Waals surface area contributed by atoms with Crippen LogP contribution in [0.4, 0.5) is 0 Å². The predicted octanol–water partition coefficient (Wildman–Crippen LogP) is 1.97. The van der Waals surface area contributed by atoms with Gasteiger partial charge in [0.25, 0.3) is 0 Å². The molecular weight excluding hydrogens is 222 g/mol. The standard InChI is InChI=1S/C8H8BrNO2/c9-5-7(10-12)6-3-1-2-4-8(6)11/h1-4,11-12H,5H2/b10-7-. The molecule has 4 heteroatoms. The van der Waals surface area contributed by atoms with Crippen molar-refractivity contribution >= 4 is 21.6 Å². The minimum absolute atomic E-state index is 0.116. The molecule has 0 atom stereocenters. The lowest BCUT2D eigenvalue weighted by atomic mass is 10.1. The average molecular weight is 230 g/mol. The van der Waals surface area contributed by atoms with Gasteiger partial charge < -0.3 is 10.3 Å². The van der Waals surface area contributed by atoms with E-state index in [0.29, 0.717) is 16.6 Å². The van der Waals surface area contributed by atoms with E-state index in [-0.39, 0.29) is 5.75 Å². The van der Waals surface area contributed by atoms with Crippen molar-refractivity contribution in [1.82, 2.24) is 0 Å². The average Bonchev–Trinajstić information content (AvgIpc) is 2.10. The van der Waals surface area contributed by atoms with Crippen LogP contribution >= 0.6 is 15.9 Å². The third-order valence-electron chi connectivity index (χ3n) is 1.46. The summed E-state index contributed by atoms with van der Waals surface area (Å²) in [5.74, 6) is 0.116. The van der Waals surface area contributed by atoms with E-state index < -0.39 is 0 Å². The number of oxime groups is 1. The molecule has 12 heavy (non-hydrogen) atoms. The molecule has 0 aliphatic carbocycles. The molecule has 0 aliphatic rings. The van der Waals surface area contributed by atoms with Gasteiger partial charge in [-0.05, 0) is 12.1 Å². The Balaban J connectivity index is 3.10. The summed E-state index contributed by atoms with van der Waals surface area (Å²) in [5.41, 5.74) is 0.949. The van der Waals surface area contributed by atoms with Crippen LogP contribution in [0.25, 0.3) is 0 Å². The molecular formula is C8H8BrNO2. The van der Waals surface area contributed by atoms with Crippen molar-refractivity contribution in [2.24, 2.45) is 5.16 Å². The zero-order valence-corrected chi connectivity index (χ0v) is 7.82. The van der Waals surface area contributed by atoms with Gasteiger partial charge in [0, 0.05) is 10.9 Å². The molecule has 0 saturated heterocycles. The number of benzene rings is 1. The molecule has 0 fully saturated rings. The first-order valence-corrected chi connectivity index (χ1v) is 4.47. The Morgan fingerprint density at radius 2 is 2.08 bits per heavy atom. The van der Waals surface area contributed by atoms with Gasteiger partial charge in [-0.1, -0.05) is 33.2 Å². The Hall–Kier alpha value is -1.03. The van der Waals surface area contributed by atoms with Crippen LogP contribution in [0.2, 0.25) is 0 Å². The van der Waals surface area contributed by atoms with Crippen LogP contribution < -0.4 is 0 Å². The van der Waals surface area contributed by atoms with Gasteiger partial charge in [-0.3, -0.25) is 0 Å². The molecule has 0 bridgehead atoms. The second-order valence-electron chi connectivity index (χ2n) is 2.20. The molecule has 1 aromatic rings. The molecule has 0 spiro atoms. The van der Waals surface area contributed by atoms with Gasteiger partial charge in [-0.15, -0.1) is 0 Å². The zero-order valence-electron chi connectivity index (χ0n) is 6.24. The van der Waals surface area contributed by atoms with Crippen molar-refractivity contribution in [3.05, 3.63) is 29.8 Å². The first-order chi connectivity index (χ1) is 5.79. The van der Waals surface area contributed by atoms with Crippen LogP contribution in [0.1, 0.15) is 5.56 Å². The highest BCUT2D eigenvalue weighted by atomic mass is 79.9. The number of hydrogen-bond acceptors (Lipinski definition) is 3. The van der Waals surface area contributed by atoms with Crippen LogP contribution in [0, 0.1) is 0 Å². The quantitative estimate of drug-likeness (QED) is 0.353. The van der Waals surface area contributed by atoms with Gasteiger partial charge in [-0.25, -0.2) is 0 Å². The molecule has 0 aliphatic heterocycles. The topological polar surface area (TPSA) is 52.8 Å². The minimum atomic E-state index is 0.116. The predicted molar refractivity (Wildman–Crippen MR) is 50.2 cm³/mol. The summed E-state index contributed by atoms with van der Waals surface area (Å²) in [5, 5.41) is 21.3. The van der Waals surface area contributed by atoms with E-state index in [1.165, 1.54) is 0 Å². The van der Waals surface area contributed by atoms with Gasteiger partial charge >= 0.3 is 0 Å². The smallest absolute Gasteiger partial charge is 0.124 e. The SMILES string of the molecule is O/N=C(/CBr)c1ccccc1O. The molecule has 1 rings (SSSR count). The van der Waals surface area contributed by atoms with Crippen LogP contribution in [0.5, 0.6) is 5.75 Å². The Morgan fingerprint density at radius 3 is 2.58 bits per heavy atom. The number of phenolic OH excluding ortho intramolecular Hbond substituents is 1. The summed E-state index contributed by atoms with van der Waals surface area (Å²) >= 11 is 3.14. The number of para-hydroxylation sites is 1. The molecule has 0 heterocycles. The van der Waals surface area contributed by atoms with Gasteiger partial charge in [0.15, 0.2) is 0 Å². The van der Waals surface area contributed by atoms with Crippen molar-refractivity contribution in [2.75, 3.05) is 5.33 Å². The van der Waals surface area contributed by atoms with Crippen molar-refractivity contribution in [1.29, 1.82) is 0 Å². The summed E-state index contributed by atoms with van der Waals surface area (Å²) in [6, 6.07) is 6.71. The monoisotopic (exact) mass is 229 g/mol. The normalized spacial score (nSPS) is 11.6. The number of nitrogens with zero attached hydrogens (tertiary/aromatic N) is 1. The Labute approximate surface area is 78.5 Å². The first kappa shape index (κ1) is 9.06. The summed E-state index contributed by atoms with van der Waals surface area (Å²) in [4.78, 5) is 0. The highest BCUT2D eigenvalue weighted by Crippen LogP contribution is 2.17. The molecule has 0 amide bonds. The lowest BCUT2D eigenvalue weighted by Crippen LogP contribution is -2.01. The first-order valence-electron chi connectivity index (χ1n) is 3.35. The second kappa shape index (κ2) is 4.11. The van der Waals surface area contributed by atoms with Crippen molar-refractivity contribution in [2.45, 2.75) is 0 Å². The summed E-state index contributed by atoms with van der Waals surface area (Å²) in [7, 11) is 0. The third kappa shape index (κ3) is 1.76. The highest BCUT2D eigenvalue weighted by Gasteiger charge is 2.06. The maximum Gasteiger partial charge on any atom is 0.124 e. The number of phenols is 1. The molecule has 1 aromatic carbocycles. The Kier molecular flexibility index (Phi) is 3.10. The van der Waals surface area contributed by atoms with E-state index in [4.69, 9.17) is 5.21 Å². The van der Waals surface area contributed by atoms with E-state index in [1.807, 2.05) is 0 Å². The van der Waals surface area contributed by atoms with Crippen LogP contribution in [-0.2, 0) is 0 Å². The summed E-state index contributed by atoms with van der Waals surface area (Å²) in [6.45, 7) is 0. The lowest BCUT2D eigenvalue weighted by molar-refractivity contribution is 0.319. The maximum absolute atomic E-state index is 9.33. The maximum atomic E-state index is 9.33. The van der Waals surface area contributed by atoms with Crippen LogP contribution in [-0.4, -0.2) is 21.4 Å². The van der Waals surface area contributed by atoms with E-state index in [1.54, 1.807) is 24.3 Å². The minimum Gasteiger partial charge on any atom is -0.507 e. The number of hydrogen-bond donors (Lipinski definition) is 2. The molecule has 0 aromatic heterocycles. The van der Waals surface area contributed by atoms with Crippen LogP contribution in [0.3, 0.4) is 0 Å². The molecule has 0 unspecified atom stereocenters. The molecule has 64 valence electrons. The fraction of sp³-hybridized carbons (Fsp3) is 0.125. The fourth-order valence-electron chi connectivity index (χ4n) is 0.870. The molecule has 0 radical (unpaired) electrons. The Bertz CT molecular complexity index is 299. The van der Waals surface area contributed by atoms with Crippen LogP contribution in [0.15, 0.2) is 29.4 Å². The number of aromatic hydroxyl groups is 1. The molecule has 2 N–H and O–H groups in total. The van der Waals surface area contributed by atoms with Crippen molar-refractivity contribution in [3.63, 3.8) is 0 Å². The highest BCUT2D eigenvalue weighted by molar-refractivity contribution is 9.09. The van der Waals surface area contributed by atoms with Crippen molar-refractivity contribution < 1.29 is 10.3 Å². The van der Waals surface area contributed by atoms with Gasteiger partial charge in [0.05, 0.1) is 0 Å². The third-order valence-corrected chi connectivity index (χ3v) is 1.99. The van der Waals surface area contributed by atoms with Gasteiger partial charge in [0.2, 0.25) is 0 Å². The summed E-state index contributed by atoms with van der Waals surface area (Å²) < 4.78 is 0. The van der Waals surface area contributed by atoms with E-state index >= 15 is 0 Å². The van der Waals surface area contributed by atoms with Gasteiger partial charge in [-0.2, -0.15) is 0 Å². The van der Waals surface area contributed by atoms with E-state index in [9.17, 15) is 5.11 Å². The van der Waals surface area contributed by atoms with E-state index in [2.05, 4.69) is 21.1 Å². The van der Waals surface area contributed by atoms with Crippen molar-refractivity contribution in [3.8, 4) is 5.75 Å². The van der Waals surface area contributed by atoms with E-state index in [0.717, 1.165) is 0 Å². The summed E-state index contributed by atoms with van der Waals surface area (Å²) in [6.07, 6.45) is 0. The molecule has 3 nitrogen and oxygen atoms in total. The Morgan fingerprint density at radius 1 is 1.42 bits per heavy atom. The number of alkyl halides is 1. The largest absolute Gasteiger partial charge is 0.507 e. The lowest BCUT2D eigenvalue weighted by Gasteiger charge is -2.02. The number of halogens is 1. The molecule has 0 saturated carbocycles. The van der Waals surface area contributed by atoms with Gasteiger partial charge in [0.1, 0.15) is 11.5 Å². The fourth-order valence-corrected chi connectivity index (χ4v) is 1.28. The zero-order chi connectivity index (χ0) is 8.97.